The molecule has 118 valence electrons. The van der Waals surface area contributed by atoms with Gasteiger partial charge in [-0.05, 0) is 31.2 Å². The summed E-state index contributed by atoms with van der Waals surface area (Å²) in [5.41, 5.74) is -3.59. The first kappa shape index (κ1) is 17.5. The van der Waals surface area contributed by atoms with Crippen LogP contribution in [0.2, 0.25) is 5.02 Å². The summed E-state index contributed by atoms with van der Waals surface area (Å²) in [5.74, 6) is -4.21. The van der Waals surface area contributed by atoms with Gasteiger partial charge in [-0.15, -0.1) is 0 Å². The first-order chi connectivity index (χ1) is 9.37. The highest BCUT2D eigenvalue weighted by Gasteiger charge is 2.65. The van der Waals surface area contributed by atoms with E-state index in [9.17, 15) is 26.7 Å². The number of alkyl halides is 5. The predicted octanol–water partition coefficient (Wildman–Crippen LogP) is 4.44. The van der Waals surface area contributed by atoms with Crippen LogP contribution in [-0.4, -0.2) is 23.7 Å². The van der Waals surface area contributed by atoms with E-state index in [0.717, 1.165) is 0 Å². The van der Waals surface area contributed by atoms with Crippen LogP contribution in [0.4, 0.5) is 32.4 Å². The van der Waals surface area contributed by atoms with Crippen molar-refractivity contribution >= 4 is 23.3 Å². The van der Waals surface area contributed by atoms with Gasteiger partial charge in [0.2, 0.25) is 0 Å². The Morgan fingerprint density at radius 2 is 1.52 bits per heavy atom. The van der Waals surface area contributed by atoms with Gasteiger partial charge in [-0.25, -0.2) is 13.6 Å². The molecule has 0 radical (unpaired) electrons. The van der Waals surface area contributed by atoms with Crippen LogP contribution < -0.4 is 10.6 Å². The van der Waals surface area contributed by atoms with E-state index < -0.39 is 23.7 Å². The van der Waals surface area contributed by atoms with Gasteiger partial charge in [0.25, 0.3) is 5.92 Å². The molecule has 0 bridgehead atoms. The summed E-state index contributed by atoms with van der Waals surface area (Å²) in [6, 6.07) is 4.00. The number of benzene rings is 1. The van der Waals surface area contributed by atoms with Gasteiger partial charge in [0.05, 0.1) is 0 Å². The first-order valence-electron chi connectivity index (χ1n) is 5.66. The summed E-state index contributed by atoms with van der Waals surface area (Å²) < 4.78 is 64.9. The number of hydrogen-bond acceptors (Lipinski definition) is 1. The molecule has 2 N–H and O–H groups in total. The molecule has 1 aromatic rings. The van der Waals surface area contributed by atoms with Crippen molar-refractivity contribution in [3.8, 4) is 0 Å². The molecule has 1 atom stereocenters. The van der Waals surface area contributed by atoms with Crippen LogP contribution in [0.3, 0.4) is 0 Å². The average Bonchev–Trinajstić information content (AvgIpc) is 2.29. The molecule has 0 aromatic heterocycles. The molecular weight excluding hydrogens is 319 g/mol. The van der Waals surface area contributed by atoms with E-state index in [1.165, 1.54) is 29.6 Å². The Balaban J connectivity index is 2.90. The Hall–Kier alpha value is -1.57. The maximum absolute atomic E-state index is 13.2. The summed E-state index contributed by atoms with van der Waals surface area (Å²) in [4.78, 5) is 11.5. The van der Waals surface area contributed by atoms with Gasteiger partial charge in [-0.1, -0.05) is 11.6 Å². The van der Waals surface area contributed by atoms with Gasteiger partial charge in [0, 0.05) is 17.6 Å². The SMILES string of the molecule is CC(F)(F)C(C)(NC(=O)Nc1ccc(Cl)cc1)C(F)(F)F. The second-order valence-electron chi connectivity index (χ2n) is 4.60. The smallest absolute Gasteiger partial charge is 0.319 e. The number of anilines is 1. The Bertz CT molecular complexity index is 496. The fourth-order valence-corrected chi connectivity index (χ4v) is 1.48. The second kappa shape index (κ2) is 5.67. The van der Waals surface area contributed by atoms with Crippen LogP contribution in [0.1, 0.15) is 13.8 Å². The number of rotatable bonds is 3. The Morgan fingerprint density at radius 3 is 1.90 bits per heavy atom. The average molecular weight is 331 g/mol. The number of carbonyl (C=O) groups is 1. The molecule has 0 aliphatic carbocycles. The Morgan fingerprint density at radius 1 is 1.05 bits per heavy atom. The number of halogens is 6. The van der Waals surface area contributed by atoms with Crippen LogP contribution in [0.5, 0.6) is 0 Å². The molecule has 0 aliphatic heterocycles. The molecule has 0 aliphatic rings. The van der Waals surface area contributed by atoms with Crippen LogP contribution >= 0.6 is 11.6 Å². The normalized spacial score (nSPS) is 15.2. The number of amides is 2. The number of hydrogen-bond donors (Lipinski definition) is 2. The molecule has 21 heavy (non-hydrogen) atoms. The van der Waals surface area contributed by atoms with Crippen molar-refractivity contribution in [1.29, 1.82) is 0 Å². The van der Waals surface area contributed by atoms with E-state index >= 15 is 0 Å². The molecule has 0 fully saturated rings. The maximum Gasteiger partial charge on any atom is 0.417 e. The lowest BCUT2D eigenvalue weighted by Gasteiger charge is -2.37. The lowest BCUT2D eigenvalue weighted by atomic mass is 9.94. The summed E-state index contributed by atoms with van der Waals surface area (Å²) in [7, 11) is 0. The Labute approximate surface area is 122 Å². The van der Waals surface area contributed by atoms with Crippen molar-refractivity contribution in [2.45, 2.75) is 31.5 Å². The van der Waals surface area contributed by atoms with Gasteiger partial charge in [0.1, 0.15) is 0 Å². The zero-order valence-electron chi connectivity index (χ0n) is 11.0. The van der Waals surface area contributed by atoms with Crippen LogP contribution in [0.25, 0.3) is 0 Å². The van der Waals surface area contributed by atoms with Crippen molar-refractivity contribution in [3.05, 3.63) is 29.3 Å². The van der Waals surface area contributed by atoms with Gasteiger partial charge < -0.3 is 10.6 Å². The third-order valence-electron chi connectivity index (χ3n) is 2.91. The molecule has 9 heteroatoms. The molecule has 1 aromatic carbocycles. The number of urea groups is 1. The summed E-state index contributed by atoms with van der Waals surface area (Å²) in [5, 5.41) is 3.65. The van der Waals surface area contributed by atoms with Crippen molar-refractivity contribution in [2.75, 3.05) is 5.32 Å². The molecular formula is C12H12ClF5N2O. The van der Waals surface area contributed by atoms with Gasteiger partial charge in [0.15, 0.2) is 5.54 Å². The summed E-state index contributed by atoms with van der Waals surface area (Å²) in [6.45, 7) is 0.303. The molecule has 3 nitrogen and oxygen atoms in total. The zero-order chi connectivity index (χ0) is 16.5. The third-order valence-corrected chi connectivity index (χ3v) is 3.16. The van der Waals surface area contributed by atoms with Crippen molar-refractivity contribution in [1.82, 2.24) is 5.32 Å². The quantitative estimate of drug-likeness (QED) is 0.790. The van der Waals surface area contributed by atoms with Crippen LogP contribution in [0.15, 0.2) is 24.3 Å². The van der Waals surface area contributed by atoms with Gasteiger partial charge >= 0.3 is 12.2 Å². The highest BCUT2D eigenvalue weighted by Crippen LogP contribution is 2.41. The van der Waals surface area contributed by atoms with E-state index in [-0.39, 0.29) is 19.5 Å². The molecule has 1 rings (SSSR count). The van der Waals surface area contributed by atoms with Crippen molar-refractivity contribution < 1.29 is 26.7 Å². The molecule has 0 spiro atoms. The van der Waals surface area contributed by atoms with Crippen LogP contribution in [-0.2, 0) is 0 Å². The predicted molar refractivity (Wildman–Crippen MR) is 68.7 cm³/mol. The fourth-order valence-electron chi connectivity index (χ4n) is 1.35. The van der Waals surface area contributed by atoms with Crippen molar-refractivity contribution in [2.24, 2.45) is 0 Å². The zero-order valence-corrected chi connectivity index (χ0v) is 11.7. The molecule has 1 unspecified atom stereocenters. The minimum Gasteiger partial charge on any atom is -0.319 e. The monoisotopic (exact) mass is 330 g/mol. The van der Waals surface area contributed by atoms with E-state index in [1.54, 1.807) is 0 Å². The van der Waals surface area contributed by atoms with Gasteiger partial charge in [-0.3, -0.25) is 0 Å². The van der Waals surface area contributed by atoms with E-state index in [1.807, 2.05) is 5.32 Å². The first-order valence-corrected chi connectivity index (χ1v) is 6.04. The topological polar surface area (TPSA) is 41.1 Å². The molecule has 0 saturated carbocycles. The second-order valence-corrected chi connectivity index (χ2v) is 5.03. The molecule has 0 heterocycles. The van der Waals surface area contributed by atoms with Crippen molar-refractivity contribution in [3.63, 3.8) is 0 Å². The Kier molecular flexibility index (Phi) is 4.72. The van der Waals surface area contributed by atoms with E-state index in [2.05, 4.69) is 0 Å². The van der Waals surface area contributed by atoms with E-state index in [0.29, 0.717) is 5.02 Å². The lowest BCUT2D eigenvalue weighted by Crippen LogP contribution is -2.66. The van der Waals surface area contributed by atoms with Crippen LogP contribution in [0, 0.1) is 0 Å². The molecule has 2 amide bonds. The minimum absolute atomic E-state index is 0.0864. The summed E-state index contributed by atoms with van der Waals surface area (Å²) in [6.07, 6.45) is -5.33. The minimum atomic E-state index is -5.33. The van der Waals surface area contributed by atoms with E-state index in [4.69, 9.17) is 11.6 Å². The largest absolute Gasteiger partial charge is 0.417 e. The fraction of sp³-hybridized carbons (Fsp3) is 0.417. The number of nitrogens with one attached hydrogen (secondary N) is 2. The summed E-state index contributed by atoms with van der Waals surface area (Å²) >= 11 is 5.60. The highest BCUT2D eigenvalue weighted by molar-refractivity contribution is 6.30. The highest BCUT2D eigenvalue weighted by atomic mass is 35.5. The standard InChI is InChI=1S/C12H12ClF5N2O/c1-10(11(2,14)15,12(16,17)18)20-9(21)19-8-5-3-7(13)4-6-8/h3-6H,1-2H3,(H2,19,20,21). The lowest BCUT2D eigenvalue weighted by molar-refractivity contribution is -0.249. The molecule has 0 saturated heterocycles. The third kappa shape index (κ3) is 3.96. The van der Waals surface area contributed by atoms with Gasteiger partial charge in [-0.2, -0.15) is 13.2 Å². The number of carbonyl (C=O) groups excluding carboxylic acids is 1. The maximum atomic E-state index is 13.2.